The summed E-state index contributed by atoms with van der Waals surface area (Å²) in [5, 5.41) is 9.91. The van der Waals surface area contributed by atoms with Crippen LogP contribution in [0.3, 0.4) is 0 Å². The Bertz CT molecular complexity index is 330. The van der Waals surface area contributed by atoms with Crippen molar-refractivity contribution < 1.29 is 19.3 Å². The van der Waals surface area contributed by atoms with Crippen LogP contribution in [0, 0.1) is 10.8 Å². The summed E-state index contributed by atoms with van der Waals surface area (Å²) in [6, 6.07) is 0. The number of aliphatic hydroxyl groups excluding tert-OH is 1. The van der Waals surface area contributed by atoms with Gasteiger partial charge in [-0.2, -0.15) is 0 Å². The fourth-order valence-corrected chi connectivity index (χ4v) is 3.62. The van der Waals surface area contributed by atoms with E-state index in [1.54, 1.807) is 0 Å². The second-order valence-electron chi connectivity index (χ2n) is 8.34. The lowest BCUT2D eigenvalue weighted by atomic mass is 9.70. The van der Waals surface area contributed by atoms with Crippen molar-refractivity contribution in [2.75, 3.05) is 33.0 Å². The lowest BCUT2D eigenvalue weighted by molar-refractivity contribution is -0.0453. The Kier molecular flexibility index (Phi) is 7.33. The second-order valence-corrected chi connectivity index (χ2v) is 8.34. The largest absolute Gasteiger partial charge is 0.388 e. The highest BCUT2D eigenvalue weighted by molar-refractivity contribution is 4.82. The van der Waals surface area contributed by atoms with Crippen LogP contribution in [0.2, 0.25) is 0 Å². The summed E-state index contributed by atoms with van der Waals surface area (Å²) in [6.45, 7) is 9.94. The molecule has 2 rings (SSSR count). The molecule has 2 fully saturated rings. The van der Waals surface area contributed by atoms with Crippen LogP contribution >= 0.6 is 0 Å². The zero-order valence-corrected chi connectivity index (χ0v) is 15.3. The summed E-state index contributed by atoms with van der Waals surface area (Å²) < 4.78 is 16.3. The van der Waals surface area contributed by atoms with Crippen LogP contribution in [0.5, 0.6) is 0 Å². The van der Waals surface area contributed by atoms with Gasteiger partial charge in [-0.3, -0.25) is 0 Å². The normalized spacial score (nSPS) is 36.3. The third kappa shape index (κ3) is 7.08. The van der Waals surface area contributed by atoms with Crippen LogP contribution < -0.4 is 0 Å². The fourth-order valence-electron chi connectivity index (χ4n) is 3.62. The van der Waals surface area contributed by atoms with E-state index in [4.69, 9.17) is 14.2 Å². The third-order valence-corrected chi connectivity index (χ3v) is 5.75. The van der Waals surface area contributed by atoms with E-state index in [9.17, 15) is 5.11 Å². The van der Waals surface area contributed by atoms with Crippen molar-refractivity contribution in [3.63, 3.8) is 0 Å². The van der Waals surface area contributed by atoms with E-state index >= 15 is 0 Å². The van der Waals surface area contributed by atoms with Gasteiger partial charge in [-0.1, -0.05) is 40.0 Å². The Morgan fingerprint density at radius 3 is 2.17 bits per heavy atom. The van der Waals surface area contributed by atoms with Crippen molar-refractivity contribution >= 4 is 0 Å². The molecule has 0 aromatic heterocycles. The van der Waals surface area contributed by atoms with E-state index < -0.39 is 6.10 Å². The molecule has 1 aliphatic carbocycles. The van der Waals surface area contributed by atoms with Gasteiger partial charge < -0.3 is 19.3 Å². The summed E-state index contributed by atoms with van der Waals surface area (Å²) in [6.07, 6.45) is 8.72. The zero-order chi connectivity index (χ0) is 16.8. The molecule has 0 aromatic rings. The maximum Gasteiger partial charge on any atom is 0.104 e. The zero-order valence-electron chi connectivity index (χ0n) is 15.3. The smallest absolute Gasteiger partial charge is 0.104 e. The average molecular weight is 328 g/mol. The van der Waals surface area contributed by atoms with Gasteiger partial charge in [0.2, 0.25) is 0 Å². The number of ether oxygens (including phenoxy) is 3. The van der Waals surface area contributed by atoms with E-state index in [0.29, 0.717) is 25.2 Å². The highest BCUT2D eigenvalue weighted by atomic mass is 16.6. The molecule has 136 valence electrons. The molecule has 1 saturated carbocycles. The predicted molar refractivity (Wildman–Crippen MR) is 91.6 cm³/mol. The lowest BCUT2D eigenvalue weighted by Crippen LogP contribution is -2.30. The molecule has 1 aliphatic heterocycles. The molecule has 2 unspecified atom stereocenters. The molecule has 1 saturated heterocycles. The van der Waals surface area contributed by atoms with Crippen molar-refractivity contribution in [3.05, 3.63) is 0 Å². The Balaban J connectivity index is 1.61. The van der Waals surface area contributed by atoms with Crippen LogP contribution in [0.25, 0.3) is 0 Å². The molecule has 0 spiro atoms. The van der Waals surface area contributed by atoms with Gasteiger partial charge >= 0.3 is 0 Å². The minimum atomic E-state index is -0.533. The van der Waals surface area contributed by atoms with Crippen LogP contribution in [-0.4, -0.2) is 50.3 Å². The van der Waals surface area contributed by atoms with Crippen LogP contribution in [-0.2, 0) is 14.2 Å². The first kappa shape index (κ1) is 19.2. The van der Waals surface area contributed by atoms with Gasteiger partial charge in [0, 0.05) is 0 Å². The Hall–Kier alpha value is -0.160. The van der Waals surface area contributed by atoms with Crippen LogP contribution in [0.4, 0.5) is 0 Å². The van der Waals surface area contributed by atoms with E-state index in [2.05, 4.69) is 20.8 Å². The van der Waals surface area contributed by atoms with Gasteiger partial charge in [0.25, 0.3) is 0 Å². The minimum absolute atomic E-state index is 0.255. The molecule has 4 heteroatoms. The molecule has 2 atom stereocenters. The first-order chi connectivity index (χ1) is 10.9. The van der Waals surface area contributed by atoms with E-state index in [-0.39, 0.29) is 11.5 Å². The number of rotatable bonds is 9. The predicted octanol–water partition coefficient (Wildman–Crippen LogP) is 3.56. The van der Waals surface area contributed by atoms with Crippen LogP contribution in [0.1, 0.15) is 65.7 Å². The van der Waals surface area contributed by atoms with Crippen LogP contribution in [0.15, 0.2) is 0 Å². The summed E-state index contributed by atoms with van der Waals surface area (Å²) in [7, 11) is 0. The minimum Gasteiger partial charge on any atom is -0.388 e. The maximum atomic E-state index is 9.91. The molecule has 0 aromatic carbocycles. The van der Waals surface area contributed by atoms with Crippen molar-refractivity contribution in [1.82, 2.24) is 0 Å². The highest BCUT2D eigenvalue weighted by Gasteiger charge is 2.31. The highest BCUT2D eigenvalue weighted by Crippen LogP contribution is 2.42. The van der Waals surface area contributed by atoms with E-state index in [1.165, 1.54) is 44.9 Å². The monoisotopic (exact) mass is 328 g/mol. The fraction of sp³-hybridized carbons (Fsp3) is 1.00. The standard InChI is InChI=1S/C19H36O4/c1-4-18(2)7-5-9-19(3,10-6-8-18)15-22-12-16(20)11-21-13-17-14-23-17/h16-17,20H,4-15H2,1-3H3. The topological polar surface area (TPSA) is 51.2 Å². The van der Waals surface area contributed by atoms with Gasteiger partial charge in [-0.05, 0) is 36.5 Å². The molecule has 1 N–H and O–H groups in total. The van der Waals surface area contributed by atoms with Gasteiger partial charge in [-0.15, -0.1) is 0 Å². The van der Waals surface area contributed by atoms with Gasteiger partial charge in [0.1, 0.15) is 12.2 Å². The first-order valence-corrected chi connectivity index (χ1v) is 9.40. The molecule has 4 nitrogen and oxygen atoms in total. The van der Waals surface area contributed by atoms with Gasteiger partial charge in [-0.25, -0.2) is 0 Å². The summed E-state index contributed by atoms with van der Waals surface area (Å²) >= 11 is 0. The summed E-state index contributed by atoms with van der Waals surface area (Å²) in [5.41, 5.74) is 0.804. The van der Waals surface area contributed by atoms with Crippen molar-refractivity contribution in [2.45, 2.75) is 77.9 Å². The molecule has 0 amide bonds. The molecule has 0 radical (unpaired) electrons. The Morgan fingerprint density at radius 2 is 1.61 bits per heavy atom. The summed E-state index contributed by atoms with van der Waals surface area (Å²) in [4.78, 5) is 0. The number of epoxide rings is 1. The number of hydrogen-bond acceptors (Lipinski definition) is 4. The second kappa shape index (κ2) is 8.80. The lowest BCUT2D eigenvalue weighted by Gasteiger charge is -2.37. The van der Waals surface area contributed by atoms with Crippen molar-refractivity contribution in [1.29, 1.82) is 0 Å². The Labute approximate surface area is 141 Å². The van der Waals surface area contributed by atoms with Crippen molar-refractivity contribution in [3.8, 4) is 0 Å². The van der Waals surface area contributed by atoms with E-state index in [1.807, 2.05) is 0 Å². The number of aliphatic hydroxyl groups is 1. The van der Waals surface area contributed by atoms with Gasteiger partial charge in [0.15, 0.2) is 0 Å². The molecule has 1 heterocycles. The molecule has 2 aliphatic rings. The average Bonchev–Trinajstić information content (AvgIpc) is 3.30. The third-order valence-electron chi connectivity index (χ3n) is 5.75. The molecular weight excluding hydrogens is 292 g/mol. The van der Waals surface area contributed by atoms with E-state index in [0.717, 1.165) is 13.2 Å². The first-order valence-electron chi connectivity index (χ1n) is 9.40. The Morgan fingerprint density at radius 1 is 1.04 bits per heavy atom. The maximum absolute atomic E-state index is 9.91. The summed E-state index contributed by atoms with van der Waals surface area (Å²) in [5.74, 6) is 0. The quantitative estimate of drug-likeness (QED) is 0.658. The number of hydrogen-bond donors (Lipinski definition) is 1. The van der Waals surface area contributed by atoms with Gasteiger partial charge in [0.05, 0.1) is 33.0 Å². The SMILES string of the molecule is CCC1(C)CCCC(C)(COCC(O)COCC2CO2)CCC1. The van der Waals surface area contributed by atoms with Crippen molar-refractivity contribution in [2.24, 2.45) is 10.8 Å². The molecular formula is C19H36O4. The molecule has 0 bridgehead atoms. The molecule has 23 heavy (non-hydrogen) atoms.